The van der Waals surface area contributed by atoms with E-state index in [1.165, 1.54) is 6.92 Å². The lowest BCUT2D eigenvalue weighted by molar-refractivity contribution is -0.118. The molecule has 0 aliphatic heterocycles. The molecule has 2 aromatic carbocycles. The Morgan fingerprint density at radius 3 is 1.92 bits per heavy atom. The summed E-state index contributed by atoms with van der Waals surface area (Å²) >= 11 is 0. The van der Waals surface area contributed by atoms with Gasteiger partial charge in [-0.05, 0) is 36.4 Å². The van der Waals surface area contributed by atoms with Crippen LogP contribution in [0.25, 0.3) is 0 Å². The largest absolute Gasteiger partial charge is 0.355 e. The van der Waals surface area contributed by atoms with Crippen molar-refractivity contribution >= 4 is 29.2 Å². The highest BCUT2D eigenvalue weighted by atomic mass is 16.2. The Labute approximate surface area is 145 Å². The fraction of sp³-hybridized carbons (Fsp3) is 0.167. The summed E-state index contributed by atoms with van der Waals surface area (Å²) in [7, 11) is 0. The molecule has 0 saturated carbocycles. The first-order chi connectivity index (χ1) is 12.0. The van der Waals surface area contributed by atoms with Crippen molar-refractivity contribution in [2.75, 3.05) is 23.7 Å². The zero-order chi connectivity index (χ0) is 18.1. The smallest absolute Gasteiger partial charge is 0.323 e. The standard InChI is InChI=1S/C18H20N4O3/c1-13(23)19-11-12-20-17(24)14-7-9-16(10-8-14)22-18(25)21-15-5-3-2-4-6-15/h2-10H,11-12H2,1H3,(H,19,23)(H,20,24)(H2,21,22,25). The van der Waals surface area contributed by atoms with Gasteiger partial charge in [-0.3, -0.25) is 9.59 Å². The highest BCUT2D eigenvalue weighted by molar-refractivity contribution is 6.00. The van der Waals surface area contributed by atoms with Gasteiger partial charge in [0.2, 0.25) is 5.91 Å². The monoisotopic (exact) mass is 340 g/mol. The van der Waals surface area contributed by atoms with Gasteiger partial charge in [-0.15, -0.1) is 0 Å². The molecule has 0 saturated heterocycles. The first kappa shape index (κ1) is 18.0. The summed E-state index contributed by atoms with van der Waals surface area (Å²) in [6, 6.07) is 15.3. The van der Waals surface area contributed by atoms with Crippen molar-refractivity contribution in [3.8, 4) is 0 Å². The van der Waals surface area contributed by atoms with Crippen LogP contribution in [0.2, 0.25) is 0 Å². The third kappa shape index (κ3) is 6.34. The summed E-state index contributed by atoms with van der Waals surface area (Å²) in [4.78, 5) is 34.6. The highest BCUT2D eigenvalue weighted by Crippen LogP contribution is 2.11. The van der Waals surface area contributed by atoms with Crippen LogP contribution in [-0.2, 0) is 4.79 Å². The molecule has 0 heterocycles. The van der Waals surface area contributed by atoms with E-state index in [9.17, 15) is 14.4 Å². The molecule has 0 radical (unpaired) electrons. The van der Waals surface area contributed by atoms with Gasteiger partial charge in [0.15, 0.2) is 0 Å². The van der Waals surface area contributed by atoms with Crippen LogP contribution < -0.4 is 21.3 Å². The molecule has 0 unspecified atom stereocenters. The summed E-state index contributed by atoms with van der Waals surface area (Å²) in [6.07, 6.45) is 0. The first-order valence-corrected chi connectivity index (χ1v) is 7.80. The number of rotatable bonds is 6. The van der Waals surface area contributed by atoms with Crippen molar-refractivity contribution in [3.63, 3.8) is 0 Å². The summed E-state index contributed by atoms with van der Waals surface area (Å²) in [5, 5.41) is 10.7. The second-order valence-electron chi connectivity index (χ2n) is 5.26. The molecule has 25 heavy (non-hydrogen) atoms. The zero-order valence-electron chi connectivity index (χ0n) is 13.8. The van der Waals surface area contributed by atoms with Gasteiger partial charge in [-0.1, -0.05) is 18.2 Å². The number of carbonyl (C=O) groups excluding carboxylic acids is 3. The zero-order valence-corrected chi connectivity index (χ0v) is 13.8. The van der Waals surface area contributed by atoms with E-state index in [4.69, 9.17) is 0 Å². The van der Waals surface area contributed by atoms with Crippen LogP contribution in [0.1, 0.15) is 17.3 Å². The Kier molecular flexibility index (Phi) is 6.53. The minimum absolute atomic E-state index is 0.140. The Balaban J connectivity index is 1.81. The lowest BCUT2D eigenvalue weighted by Gasteiger charge is -2.09. The second-order valence-corrected chi connectivity index (χ2v) is 5.26. The molecule has 0 bridgehead atoms. The number of hydrogen-bond acceptors (Lipinski definition) is 3. The highest BCUT2D eigenvalue weighted by Gasteiger charge is 2.06. The van der Waals surface area contributed by atoms with Crippen molar-refractivity contribution in [1.82, 2.24) is 10.6 Å². The molecule has 0 aliphatic rings. The van der Waals surface area contributed by atoms with Crippen molar-refractivity contribution in [3.05, 3.63) is 60.2 Å². The SMILES string of the molecule is CC(=O)NCCNC(=O)c1ccc(NC(=O)Nc2ccccc2)cc1. The number of carbonyl (C=O) groups is 3. The summed E-state index contributed by atoms with van der Waals surface area (Å²) in [6.45, 7) is 2.14. The maximum Gasteiger partial charge on any atom is 0.323 e. The van der Waals surface area contributed by atoms with E-state index in [1.807, 2.05) is 18.2 Å². The van der Waals surface area contributed by atoms with E-state index in [2.05, 4.69) is 21.3 Å². The average molecular weight is 340 g/mol. The molecular formula is C18H20N4O3. The van der Waals surface area contributed by atoms with E-state index >= 15 is 0 Å². The summed E-state index contributed by atoms with van der Waals surface area (Å²) < 4.78 is 0. The molecule has 0 fully saturated rings. The number of para-hydroxylation sites is 1. The number of amides is 4. The molecule has 2 aromatic rings. The van der Waals surface area contributed by atoms with E-state index in [0.717, 1.165) is 0 Å². The molecule has 0 aliphatic carbocycles. The molecule has 0 aromatic heterocycles. The fourth-order valence-electron chi connectivity index (χ4n) is 2.04. The van der Waals surface area contributed by atoms with Crippen molar-refractivity contribution in [2.24, 2.45) is 0 Å². The molecule has 7 nitrogen and oxygen atoms in total. The number of nitrogens with one attached hydrogen (secondary N) is 4. The maximum atomic E-state index is 11.9. The van der Waals surface area contributed by atoms with Gasteiger partial charge in [-0.25, -0.2) is 4.79 Å². The van der Waals surface area contributed by atoms with E-state index in [0.29, 0.717) is 30.0 Å². The molecule has 0 spiro atoms. The van der Waals surface area contributed by atoms with Crippen LogP contribution in [-0.4, -0.2) is 30.9 Å². The van der Waals surface area contributed by atoms with Gasteiger partial charge in [-0.2, -0.15) is 0 Å². The van der Waals surface area contributed by atoms with Gasteiger partial charge < -0.3 is 21.3 Å². The van der Waals surface area contributed by atoms with Crippen LogP contribution in [0.3, 0.4) is 0 Å². The molecule has 130 valence electrons. The quantitative estimate of drug-likeness (QED) is 0.607. The molecular weight excluding hydrogens is 320 g/mol. The van der Waals surface area contributed by atoms with Gasteiger partial charge in [0.05, 0.1) is 0 Å². The van der Waals surface area contributed by atoms with Crippen LogP contribution in [0.15, 0.2) is 54.6 Å². The molecule has 2 rings (SSSR count). The summed E-state index contributed by atoms with van der Waals surface area (Å²) in [5.41, 5.74) is 1.73. The van der Waals surface area contributed by atoms with Gasteiger partial charge in [0.25, 0.3) is 5.91 Å². The topological polar surface area (TPSA) is 99.3 Å². The average Bonchev–Trinajstić information content (AvgIpc) is 2.60. The predicted octanol–water partition coefficient (Wildman–Crippen LogP) is 2.20. The van der Waals surface area contributed by atoms with Gasteiger partial charge >= 0.3 is 6.03 Å². The molecule has 4 amide bonds. The first-order valence-electron chi connectivity index (χ1n) is 7.80. The minimum Gasteiger partial charge on any atom is -0.355 e. The van der Waals surface area contributed by atoms with E-state index in [1.54, 1.807) is 36.4 Å². The molecule has 4 N–H and O–H groups in total. The van der Waals surface area contributed by atoms with Crippen molar-refractivity contribution in [1.29, 1.82) is 0 Å². The van der Waals surface area contributed by atoms with E-state index < -0.39 is 0 Å². The maximum absolute atomic E-state index is 11.9. The van der Waals surface area contributed by atoms with E-state index in [-0.39, 0.29) is 17.8 Å². The van der Waals surface area contributed by atoms with Crippen molar-refractivity contribution < 1.29 is 14.4 Å². The van der Waals surface area contributed by atoms with Gasteiger partial charge in [0, 0.05) is 37.0 Å². The Hall–Kier alpha value is -3.35. The number of anilines is 2. The number of hydrogen-bond donors (Lipinski definition) is 4. The van der Waals surface area contributed by atoms with Crippen LogP contribution >= 0.6 is 0 Å². The third-order valence-corrected chi connectivity index (χ3v) is 3.22. The minimum atomic E-state index is -0.362. The van der Waals surface area contributed by atoms with Crippen molar-refractivity contribution in [2.45, 2.75) is 6.92 Å². The Bertz CT molecular complexity index is 730. The second kappa shape index (κ2) is 9.07. The van der Waals surface area contributed by atoms with Crippen LogP contribution in [0.5, 0.6) is 0 Å². The van der Waals surface area contributed by atoms with Gasteiger partial charge in [0.1, 0.15) is 0 Å². The normalized spacial score (nSPS) is 9.80. The molecule has 7 heteroatoms. The Morgan fingerprint density at radius 2 is 1.32 bits per heavy atom. The predicted molar refractivity (Wildman–Crippen MR) is 96.5 cm³/mol. The summed E-state index contributed by atoms with van der Waals surface area (Å²) in [5.74, 6) is -0.385. The lowest BCUT2D eigenvalue weighted by atomic mass is 10.2. The lowest BCUT2D eigenvalue weighted by Crippen LogP contribution is -2.33. The number of benzene rings is 2. The fourth-order valence-corrected chi connectivity index (χ4v) is 2.04. The van der Waals surface area contributed by atoms with Crippen LogP contribution in [0, 0.1) is 0 Å². The number of urea groups is 1. The Morgan fingerprint density at radius 1 is 0.760 bits per heavy atom. The third-order valence-electron chi connectivity index (χ3n) is 3.22. The van der Waals surface area contributed by atoms with Crippen LogP contribution in [0.4, 0.5) is 16.2 Å². The molecule has 0 atom stereocenters.